The first kappa shape index (κ1) is 27.7. The molecule has 0 aliphatic carbocycles. The molecule has 1 aliphatic heterocycles. The SMILES string of the molecule is CN1CC(=O)OB(c2cccc(C[C@H](NC(=O)OC(C)(C)C)C(=O)OCc3ccccc3)c2)OC(=O)C1. The maximum absolute atomic E-state index is 13.0. The lowest BCUT2D eigenvalue weighted by molar-refractivity contribution is -0.148. The predicted octanol–water partition coefficient (Wildman–Crippen LogP) is 1.59. The van der Waals surface area contributed by atoms with Crippen molar-refractivity contribution in [3.8, 4) is 0 Å². The second kappa shape index (κ2) is 12.4. The van der Waals surface area contributed by atoms with Crippen LogP contribution in [0.4, 0.5) is 4.79 Å². The molecule has 0 unspecified atom stereocenters. The molecule has 1 saturated heterocycles. The molecule has 196 valence electrons. The van der Waals surface area contributed by atoms with Crippen LogP contribution in [0.1, 0.15) is 31.9 Å². The molecule has 37 heavy (non-hydrogen) atoms. The van der Waals surface area contributed by atoms with Crippen LogP contribution in [0.25, 0.3) is 0 Å². The third kappa shape index (κ3) is 9.27. The van der Waals surface area contributed by atoms with Crippen LogP contribution in [0.5, 0.6) is 0 Å². The van der Waals surface area contributed by atoms with E-state index in [0.717, 1.165) is 5.56 Å². The number of rotatable bonds is 7. The normalized spacial score (nSPS) is 15.5. The quantitative estimate of drug-likeness (QED) is 0.437. The predicted molar refractivity (Wildman–Crippen MR) is 135 cm³/mol. The van der Waals surface area contributed by atoms with Gasteiger partial charge in [0.25, 0.3) is 0 Å². The van der Waals surface area contributed by atoms with E-state index in [2.05, 4.69) is 5.32 Å². The number of nitrogens with one attached hydrogen (secondary N) is 1. The number of likely N-dealkylation sites (N-methyl/N-ethyl adjacent to an activating group) is 1. The molecule has 0 bridgehead atoms. The van der Waals surface area contributed by atoms with Crippen LogP contribution in [-0.2, 0) is 46.2 Å². The Morgan fingerprint density at radius 3 is 2.24 bits per heavy atom. The maximum atomic E-state index is 13.0. The highest BCUT2D eigenvalue weighted by Crippen LogP contribution is 2.11. The first-order valence-electron chi connectivity index (χ1n) is 11.8. The first-order valence-corrected chi connectivity index (χ1v) is 11.8. The maximum Gasteiger partial charge on any atom is 0.636 e. The molecule has 1 aliphatic rings. The number of hydrogen-bond acceptors (Lipinski definition) is 9. The molecule has 11 heteroatoms. The summed E-state index contributed by atoms with van der Waals surface area (Å²) in [4.78, 5) is 51.2. The lowest BCUT2D eigenvalue weighted by Gasteiger charge is -2.24. The Hall–Kier alpha value is -3.86. The molecule has 0 radical (unpaired) electrons. The molecule has 0 aromatic heterocycles. The van der Waals surface area contributed by atoms with E-state index in [1.54, 1.807) is 52.1 Å². The summed E-state index contributed by atoms with van der Waals surface area (Å²) in [6, 6.07) is 14.8. The first-order chi connectivity index (χ1) is 17.5. The molecule has 10 nitrogen and oxygen atoms in total. The monoisotopic (exact) mass is 510 g/mol. The van der Waals surface area contributed by atoms with E-state index in [-0.39, 0.29) is 26.1 Å². The molecule has 1 atom stereocenters. The van der Waals surface area contributed by atoms with E-state index in [1.165, 1.54) is 4.90 Å². The van der Waals surface area contributed by atoms with E-state index in [1.807, 2.05) is 30.3 Å². The zero-order valence-corrected chi connectivity index (χ0v) is 21.4. The number of amides is 1. The smallest absolute Gasteiger partial charge is 0.494 e. The van der Waals surface area contributed by atoms with Crippen molar-refractivity contribution in [2.45, 2.75) is 45.4 Å². The Kier molecular flexibility index (Phi) is 9.29. The molecule has 3 rings (SSSR count). The molecular formula is C26H31BN2O8. The van der Waals surface area contributed by atoms with Gasteiger partial charge in [-0.05, 0) is 38.9 Å². The fourth-order valence-electron chi connectivity index (χ4n) is 3.54. The van der Waals surface area contributed by atoms with Crippen LogP contribution in [0.2, 0.25) is 0 Å². The van der Waals surface area contributed by atoms with Gasteiger partial charge in [-0.3, -0.25) is 14.5 Å². The van der Waals surface area contributed by atoms with Gasteiger partial charge in [0.15, 0.2) is 0 Å². The summed E-state index contributed by atoms with van der Waals surface area (Å²) in [7, 11) is 0.383. The minimum absolute atomic E-state index is 0.0363. The number of hydrogen-bond donors (Lipinski definition) is 1. The zero-order chi connectivity index (χ0) is 27.0. The van der Waals surface area contributed by atoms with Gasteiger partial charge in [0, 0.05) is 11.9 Å². The fourth-order valence-corrected chi connectivity index (χ4v) is 3.54. The summed E-state index contributed by atoms with van der Waals surface area (Å²) in [6.07, 6.45) is -0.713. The average molecular weight is 510 g/mol. The number of esters is 1. The average Bonchev–Trinajstić information content (AvgIpc) is 2.80. The minimum atomic E-state index is -1.23. The highest BCUT2D eigenvalue weighted by molar-refractivity contribution is 6.64. The van der Waals surface area contributed by atoms with Crippen LogP contribution in [0, 0.1) is 0 Å². The number of benzene rings is 2. The Balaban J connectivity index is 1.76. The summed E-state index contributed by atoms with van der Waals surface area (Å²) in [5.41, 5.74) is 1.06. The number of carbonyl (C=O) groups excluding carboxylic acids is 4. The van der Waals surface area contributed by atoms with Gasteiger partial charge in [-0.25, -0.2) is 9.59 Å². The van der Waals surface area contributed by atoms with Gasteiger partial charge >= 0.3 is 31.1 Å². The van der Waals surface area contributed by atoms with Gasteiger partial charge in [-0.15, -0.1) is 0 Å². The highest BCUT2D eigenvalue weighted by atomic mass is 16.6. The summed E-state index contributed by atoms with van der Waals surface area (Å²) in [6.45, 7) is 5.08. The van der Waals surface area contributed by atoms with E-state index in [9.17, 15) is 19.2 Å². The van der Waals surface area contributed by atoms with Crippen LogP contribution in [0.15, 0.2) is 54.6 Å². The zero-order valence-electron chi connectivity index (χ0n) is 21.4. The van der Waals surface area contributed by atoms with Gasteiger partial charge in [0.2, 0.25) is 0 Å². The van der Waals surface area contributed by atoms with Crippen molar-refractivity contribution in [1.29, 1.82) is 0 Å². The Morgan fingerprint density at radius 2 is 1.62 bits per heavy atom. The Morgan fingerprint density at radius 1 is 1.00 bits per heavy atom. The summed E-state index contributed by atoms with van der Waals surface area (Å²) >= 11 is 0. The van der Waals surface area contributed by atoms with Crippen molar-refractivity contribution in [2.75, 3.05) is 20.1 Å². The standard InChI is InChI=1S/C26H31BN2O8/c1-26(2,3)35-25(33)28-21(24(32)34-17-18-9-6-5-7-10-18)14-19-11-8-12-20(13-19)27-36-22(30)15-29(4)16-23(31)37-27/h5-13,21H,14-17H2,1-4H3,(H,28,33)/t21-/m0/s1. The number of nitrogens with zero attached hydrogens (tertiary/aromatic N) is 1. The Labute approximate surface area is 216 Å². The molecule has 2 aromatic rings. The topological polar surface area (TPSA) is 120 Å². The second-order valence-electron chi connectivity index (χ2n) is 9.73. The number of carbonyl (C=O) groups is 4. The van der Waals surface area contributed by atoms with Crippen molar-refractivity contribution in [2.24, 2.45) is 0 Å². The number of ether oxygens (including phenoxy) is 2. The minimum Gasteiger partial charge on any atom is -0.494 e. The van der Waals surface area contributed by atoms with Crippen molar-refractivity contribution < 1.29 is 38.0 Å². The lowest BCUT2D eigenvalue weighted by Crippen LogP contribution is -2.48. The molecule has 0 saturated carbocycles. The third-order valence-corrected chi connectivity index (χ3v) is 5.14. The lowest BCUT2D eigenvalue weighted by atomic mass is 9.77. The van der Waals surface area contributed by atoms with Crippen molar-refractivity contribution in [3.63, 3.8) is 0 Å². The van der Waals surface area contributed by atoms with Gasteiger partial charge in [-0.1, -0.05) is 54.6 Å². The molecule has 1 heterocycles. The van der Waals surface area contributed by atoms with E-state index in [4.69, 9.17) is 18.8 Å². The van der Waals surface area contributed by atoms with E-state index < -0.39 is 42.8 Å². The van der Waals surface area contributed by atoms with Crippen LogP contribution in [-0.4, -0.2) is 67.8 Å². The molecule has 1 N–H and O–H groups in total. The molecule has 0 spiro atoms. The summed E-state index contributed by atoms with van der Waals surface area (Å²) < 4.78 is 21.4. The van der Waals surface area contributed by atoms with Crippen molar-refractivity contribution in [3.05, 3.63) is 65.7 Å². The number of alkyl carbamates (subject to hydrolysis) is 1. The van der Waals surface area contributed by atoms with E-state index in [0.29, 0.717) is 11.0 Å². The molecule has 1 fully saturated rings. The Bertz CT molecular complexity index is 1100. The molecule has 2 aromatic carbocycles. The molecular weight excluding hydrogens is 479 g/mol. The van der Waals surface area contributed by atoms with E-state index >= 15 is 0 Å². The second-order valence-corrected chi connectivity index (χ2v) is 9.73. The van der Waals surface area contributed by atoms with Crippen LogP contribution < -0.4 is 10.8 Å². The van der Waals surface area contributed by atoms with Crippen LogP contribution >= 0.6 is 0 Å². The van der Waals surface area contributed by atoms with Gasteiger partial charge in [-0.2, -0.15) is 0 Å². The largest absolute Gasteiger partial charge is 0.636 e. The molecule has 1 amide bonds. The highest BCUT2D eigenvalue weighted by Gasteiger charge is 2.34. The summed E-state index contributed by atoms with van der Waals surface area (Å²) in [5, 5.41) is 2.58. The van der Waals surface area contributed by atoms with Crippen molar-refractivity contribution in [1.82, 2.24) is 10.2 Å². The van der Waals surface area contributed by atoms with Crippen molar-refractivity contribution >= 4 is 36.6 Å². The van der Waals surface area contributed by atoms with Crippen LogP contribution in [0.3, 0.4) is 0 Å². The van der Waals surface area contributed by atoms with Gasteiger partial charge in [0.1, 0.15) is 18.2 Å². The third-order valence-electron chi connectivity index (χ3n) is 5.14. The van der Waals surface area contributed by atoms with Gasteiger partial charge < -0.3 is 24.1 Å². The summed E-state index contributed by atoms with van der Waals surface area (Å²) in [5.74, 6) is -1.73. The fraction of sp³-hybridized carbons (Fsp3) is 0.385. The van der Waals surface area contributed by atoms with Gasteiger partial charge in [0.05, 0.1) is 13.1 Å².